The van der Waals surface area contributed by atoms with E-state index in [-0.39, 0.29) is 6.04 Å². The summed E-state index contributed by atoms with van der Waals surface area (Å²) in [4.78, 5) is 0. The Labute approximate surface area is 133 Å². The Bertz CT molecular complexity index is 763. The molecular formula is C18H18BrNO. The van der Waals surface area contributed by atoms with Gasteiger partial charge in [0, 0.05) is 16.4 Å². The first-order valence-electron chi connectivity index (χ1n) is 7.10. The predicted octanol–water partition coefficient (Wildman–Crippen LogP) is 5.35. The fraction of sp³-hybridized carbons (Fsp3) is 0.222. The Kier molecular flexibility index (Phi) is 4.13. The molecule has 0 fully saturated rings. The van der Waals surface area contributed by atoms with Gasteiger partial charge in [0.1, 0.15) is 11.3 Å². The van der Waals surface area contributed by atoms with Crippen LogP contribution >= 0.6 is 15.9 Å². The molecule has 1 unspecified atom stereocenters. The van der Waals surface area contributed by atoms with Crippen LogP contribution in [0.15, 0.2) is 57.4 Å². The summed E-state index contributed by atoms with van der Waals surface area (Å²) >= 11 is 3.49. The number of rotatable bonds is 4. The molecule has 108 valence electrons. The number of fused-ring (bicyclic) bond motifs is 1. The summed E-state index contributed by atoms with van der Waals surface area (Å²) in [5, 5.41) is 4.65. The molecule has 0 spiro atoms. The third kappa shape index (κ3) is 3.20. The first-order chi connectivity index (χ1) is 10.1. The van der Waals surface area contributed by atoms with Crippen LogP contribution in [0, 0.1) is 6.92 Å². The molecule has 0 bridgehead atoms. The minimum atomic E-state index is 0.177. The van der Waals surface area contributed by atoms with Crippen molar-refractivity contribution in [2.75, 3.05) is 0 Å². The zero-order valence-corrected chi connectivity index (χ0v) is 13.8. The normalized spacial score (nSPS) is 12.7. The second-order valence-corrected chi connectivity index (χ2v) is 6.28. The number of aryl methyl sites for hydroxylation is 1. The Hall–Kier alpha value is -1.58. The van der Waals surface area contributed by atoms with Crippen molar-refractivity contribution in [3.05, 3.63) is 69.9 Å². The molecule has 0 amide bonds. The molecule has 2 nitrogen and oxygen atoms in total. The van der Waals surface area contributed by atoms with E-state index in [0.29, 0.717) is 0 Å². The van der Waals surface area contributed by atoms with E-state index in [2.05, 4.69) is 71.5 Å². The molecule has 3 heteroatoms. The number of halogens is 1. The summed E-state index contributed by atoms with van der Waals surface area (Å²) in [5.41, 5.74) is 3.56. The van der Waals surface area contributed by atoms with Crippen molar-refractivity contribution in [2.24, 2.45) is 0 Å². The molecule has 3 rings (SSSR count). The first-order valence-corrected chi connectivity index (χ1v) is 7.89. The molecule has 2 aromatic carbocycles. The van der Waals surface area contributed by atoms with Crippen molar-refractivity contribution in [2.45, 2.75) is 26.4 Å². The van der Waals surface area contributed by atoms with E-state index < -0.39 is 0 Å². The monoisotopic (exact) mass is 343 g/mol. The summed E-state index contributed by atoms with van der Waals surface area (Å²) in [6.45, 7) is 5.11. The van der Waals surface area contributed by atoms with E-state index in [0.717, 1.165) is 27.7 Å². The Morgan fingerprint density at radius 2 is 1.95 bits per heavy atom. The molecule has 0 aliphatic carbocycles. The SMILES string of the molecule is Cc1ccccc1CNC(C)c1cc2cc(Br)ccc2o1. The van der Waals surface area contributed by atoms with E-state index in [9.17, 15) is 0 Å². The second-order valence-electron chi connectivity index (χ2n) is 5.36. The van der Waals surface area contributed by atoms with Crippen LogP contribution in [0.1, 0.15) is 29.9 Å². The molecule has 21 heavy (non-hydrogen) atoms. The summed E-state index contributed by atoms with van der Waals surface area (Å²) in [6, 6.07) is 16.8. The summed E-state index contributed by atoms with van der Waals surface area (Å²) in [5.74, 6) is 0.969. The van der Waals surface area contributed by atoms with Gasteiger partial charge in [-0.25, -0.2) is 0 Å². The summed E-state index contributed by atoms with van der Waals surface area (Å²) in [7, 11) is 0. The highest BCUT2D eigenvalue weighted by molar-refractivity contribution is 9.10. The third-order valence-corrected chi connectivity index (χ3v) is 4.28. The van der Waals surface area contributed by atoms with Gasteiger partial charge in [-0.05, 0) is 49.2 Å². The third-order valence-electron chi connectivity index (χ3n) is 3.78. The maximum absolute atomic E-state index is 5.92. The number of benzene rings is 2. The van der Waals surface area contributed by atoms with Gasteiger partial charge in [-0.2, -0.15) is 0 Å². The number of hydrogen-bond acceptors (Lipinski definition) is 2. The van der Waals surface area contributed by atoms with Gasteiger partial charge in [-0.15, -0.1) is 0 Å². The number of nitrogens with one attached hydrogen (secondary N) is 1. The van der Waals surface area contributed by atoms with Gasteiger partial charge in [0.2, 0.25) is 0 Å². The smallest absolute Gasteiger partial charge is 0.134 e. The molecule has 0 saturated carbocycles. The van der Waals surface area contributed by atoms with Gasteiger partial charge in [0.15, 0.2) is 0 Å². The van der Waals surface area contributed by atoms with Gasteiger partial charge < -0.3 is 9.73 Å². The van der Waals surface area contributed by atoms with Crippen LogP contribution in [0.5, 0.6) is 0 Å². The lowest BCUT2D eigenvalue weighted by Gasteiger charge is -2.12. The average molecular weight is 344 g/mol. The molecule has 1 heterocycles. The van der Waals surface area contributed by atoms with Crippen molar-refractivity contribution in [1.82, 2.24) is 5.32 Å². The number of hydrogen-bond donors (Lipinski definition) is 1. The van der Waals surface area contributed by atoms with E-state index in [4.69, 9.17) is 4.42 Å². The van der Waals surface area contributed by atoms with Crippen LogP contribution in [-0.4, -0.2) is 0 Å². The molecule has 0 saturated heterocycles. The lowest BCUT2D eigenvalue weighted by Crippen LogP contribution is -2.18. The highest BCUT2D eigenvalue weighted by atomic mass is 79.9. The Morgan fingerprint density at radius 3 is 2.76 bits per heavy atom. The highest BCUT2D eigenvalue weighted by Crippen LogP contribution is 2.26. The van der Waals surface area contributed by atoms with Crippen LogP contribution in [0.3, 0.4) is 0 Å². The van der Waals surface area contributed by atoms with Crippen LogP contribution < -0.4 is 5.32 Å². The van der Waals surface area contributed by atoms with Crippen molar-refractivity contribution in [3.63, 3.8) is 0 Å². The molecule has 1 atom stereocenters. The maximum Gasteiger partial charge on any atom is 0.134 e. The topological polar surface area (TPSA) is 25.2 Å². The zero-order chi connectivity index (χ0) is 14.8. The predicted molar refractivity (Wildman–Crippen MR) is 90.3 cm³/mol. The summed E-state index contributed by atoms with van der Waals surface area (Å²) in [6.07, 6.45) is 0. The molecule has 0 aliphatic rings. The largest absolute Gasteiger partial charge is 0.459 e. The van der Waals surface area contributed by atoms with E-state index >= 15 is 0 Å². The number of furan rings is 1. The zero-order valence-electron chi connectivity index (χ0n) is 12.2. The lowest BCUT2D eigenvalue weighted by molar-refractivity contribution is 0.450. The van der Waals surface area contributed by atoms with Crippen LogP contribution in [0.25, 0.3) is 11.0 Å². The maximum atomic E-state index is 5.92. The molecular weight excluding hydrogens is 326 g/mol. The minimum Gasteiger partial charge on any atom is -0.459 e. The van der Waals surface area contributed by atoms with Crippen LogP contribution in [-0.2, 0) is 6.54 Å². The highest BCUT2D eigenvalue weighted by Gasteiger charge is 2.11. The van der Waals surface area contributed by atoms with Crippen molar-refractivity contribution >= 4 is 26.9 Å². The Balaban J connectivity index is 1.75. The molecule has 1 N–H and O–H groups in total. The fourth-order valence-electron chi connectivity index (χ4n) is 2.42. The minimum absolute atomic E-state index is 0.177. The van der Waals surface area contributed by atoms with E-state index in [1.807, 2.05) is 12.1 Å². The lowest BCUT2D eigenvalue weighted by atomic mass is 10.1. The molecule has 3 aromatic rings. The second kappa shape index (κ2) is 6.04. The molecule has 0 aliphatic heterocycles. The average Bonchev–Trinajstić information content (AvgIpc) is 2.89. The van der Waals surface area contributed by atoms with Crippen molar-refractivity contribution in [3.8, 4) is 0 Å². The van der Waals surface area contributed by atoms with Gasteiger partial charge >= 0.3 is 0 Å². The first kappa shape index (κ1) is 14.4. The van der Waals surface area contributed by atoms with E-state index in [1.165, 1.54) is 11.1 Å². The van der Waals surface area contributed by atoms with Crippen molar-refractivity contribution < 1.29 is 4.42 Å². The van der Waals surface area contributed by atoms with Crippen LogP contribution in [0.2, 0.25) is 0 Å². The van der Waals surface area contributed by atoms with Gasteiger partial charge in [0.25, 0.3) is 0 Å². The van der Waals surface area contributed by atoms with Gasteiger partial charge in [0.05, 0.1) is 6.04 Å². The molecule has 0 radical (unpaired) electrons. The Morgan fingerprint density at radius 1 is 1.14 bits per heavy atom. The fourth-order valence-corrected chi connectivity index (χ4v) is 2.80. The van der Waals surface area contributed by atoms with Crippen molar-refractivity contribution in [1.29, 1.82) is 0 Å². The standard InChI is InChI=1S/C18H18BrNO/c1-12-5-3-4-6-14(12)11-20-13(2)18-10-15-9-16(19)7-8-17(15)21-18/h3-10,13,20H,11H2,1-2H3. The molecule has 1 aromatic heterocycles. The summed E-state index contributed by atoms with van der Waals surface area (Å²) < 4.78 is 6.99. The quantitative estimate of drug-likeness (QED) is 0.690. The van der Waals surface area contributed by atoms with Crippen LogP contribution in [0.4, 0.5) is 0 Å². The van der Waals surface area contributed by atoms with Gasteiger partial charge in [-0.1, -0.05) is 40.2 Å². The van der Waals surface area contributed by atoms with E-state index in [1.54, 1.807) is 0 Å². The van der Waals surface area contributed by atoms with Gasteiger partial charge in [-0.3, -0.25) is 0 Å².